The minimum Gasteiger partial charge on any atom is -0.506 e. The second kappa shape index (κ2) is 6.87. The molecule has 7 heteroatoms. The molecule has 2 aromatic rings. The molecule has 1 saturated heterocycles. The fourth-order valence-corrected chi connectivity index (χ4v) is 2.82. The Balaban J connectivity index is 0.00000176. The van der Waals surface area contributed by atoms with Crippen LogP contribution in [0.3, 0.4) is 0 Å². The number of halogens is 2. The Morgan fingerprint density at radius 3 is 2.68 bits per heavy atom. The highest BCUT2D eigenvalue weighted by Gasteiger charge is 2.19. The Kier molecular flexibility index (Phi) is 5.34. The van der Waals surface area contributed by atoms with Crippen LogP contribution in [0, 0.1) is 6.92 Å². The zero-order valence-corrected chi connectivity index (χ0v) is 13.7. The van der Waals surface area contributed by atoms with E-state index in [1.54, 1.807) is 6.07 Å². The van der Waals surface area contributed by atoms with Gasteiger partial charge >= 0.3 is 5.63 Å². The lowest BCUT2D eigenvalue weighted by Crippen LogP contribution is -2.35. The van der Waals surface area contributed by atoms with Crippen molar-refractivity contribution in [2.75, 3.05) is 26.3 Å². The van der Waals surface area contributed by atoms with Crippen molar-refractivity contribution in [3.63, 3.8) is 0 Å². The highest BCUT2D eigenvalue weighted by Crippen LogP contribution is 2.36. The number of benzene rings is 1. The summed E-state index contributed by atoms with van der Waals surface area (Å²) in [6.45, 7) is 5.14. The van der Waals surface area contributed by atoms with Crippen molar-refractivity contribution >= 4 is 35.0 Å². The fraction of sp³-hybridized carbons (Fsp3) is 0.400. The topological polar surface area (TPSA) is 62.9 Å². The predicted molar refractivity (Wildman–Crippen MR) is 87.2 cm³/mol. The van der Waals surface area contributed by atoms with Gasteiger partial charge < -0.3 is 14.3 Å². The first kappa shape index (κ1) is 17.1. The number of phenols is 1. The first-order valence-electron chi connectivity index (χ1n) is 6.81. The predicted octanol–water partition coefficient (Wildman–Crippen LogP) is 2.71. The van der Waals surface area contributed by atoms with E-state index in [0.717, 1.165) is 24.0 Å². The van der Waals surface area contributed by atoms with Gasteiger partial charge in [-0.25, -0.2) is 4.79 Å². The number of aryl methyl sites for hydroxylation is 1. The number of hydrogen-bond donors (Lipinski definition) is 1. The van der Waals surface area contributed by atoms with Gasteiger partial charge in [0.2, 0.25) is 0 Å². The second-order valence-electron chi connectivity index (χ2n) is 5.20. The van der Waals surface area contributed by atoms with Crippen LogP contribution in [0.4, 0.5) is 0 Å². The molecule has 0 saturated carbocycles. The minimum atomic E-state index is -0.426. The average Bonchev–Trinajstić information content (AvgIpc) is 2.46. The summed E-state index contributed by atoms with van der Waals surface area (Å²) in [5.41, 5.74) is 1.32. The average molecular weight is 346 g/mol. The number of nitrogens with zero attached hydrogens (tertiary/aromatic N) is 1. The van der Waals surface area contributed by atoms with E-state index in [1.807, 2.05) is 6.92 Å². The van der Waals surface area contributed by atoms with E-state index >= 15 is 0 Å². The van der Waals surface area contributed by atoms with Crippen molar-refractivity contribution in [1.82, 2.24) is 4.90 Å². The molecule has 1 N–H and O–H groups in total. The van der Waals surface area contributed by atoms with Gasteiger partial charge in [0.05, 0.1) is 23.8 Å². The van der Waals surface area contributed by atoms with E-state index < -0.39 is 5.63 Å². The van der Waals surface area contributed by atoms with Crippen LogP contribution in [0.1, 0.15) is 11.1 Å². The largest absolute Gasteiger partial charge is 0.506 e. The molecule has 1 fully saturated rings. The number of rotatable bonds is 2. The number of aromatic hydroxyl groups is 1. The number of phenolic OH excluding ortho intramolecular Hbond substituents is 1. The maximum absolute atomic E-state index is 11.6. The number of ether oxygens (including phenoxy) is 1. The van der Waals surface area contributed by atoms with Gasteiger partial charge in [-0.2, -0.15) is 0 Å². The Bertz CT molecular complexity index is 738. The van der Waals surface area contributed by atoms with Gasteiger partial charge in [-0.05, 0) is 18.6 Å². The number of hydrogen-bond acceptors (Lipinski definition) is 5. The van der Waals surface area contributed by atoms with Crippen molar-refractivity contribution in [1.29, 1.82) is 0 Å². The van der Waals surface area contributed by atoms with Gasteiger partial charge in [-0.3, -0.25) is 4.90 Å². The quantitative estimate of drug-likeness (QED) is 0.848. The first-order valence-corrected chi connectivity index (χ1v) is 7.19. The van der Waals surface area contributed by atoms with Gasteiger partial charge in [-0.15, -0.1) is 12.4 Å². The van der Waals surface area contributed by atoms with Gasteiger partial charge in [0.25, 0.3) is 0 Å². The van der Waals surface area contributed by atoms with Crippen LogP contribution < -0.4 is 5.63 Å². The lowest BCUT2D eigenvalue weighted by Gasteiger charge is -2.27. The molecule has 1 aliphatic heterocycles. The number of fused-ring (bicyclic) bond motifs is 1. The molecule has 1 aromatic carbocycles. The van der Waals surface area contributed by atoms with E-state index in [-0.39, 0.29) is 23.2 Å². The summed E-state index contributed by atoms with van der Waals surface area (Å²) in [6, 6.07) is 3.06. The van der Waals surface area contributed by atoms with Gasteiger partial charge in [0.15, 0.2) is 0 Å². The summed E-state index contributed by atoms with van der Waals surface area (Å²) in [6.07, 6.45) is 0. The SMILES string of the molecule is Cc1cc(=O)oc2c(CN3CCOCC3)c(O)c(Cl)cc12.Cl. The summed E-state index contributed by atoms with van der Waals surface area (Å²) in [5, 5.41) is 11.3. The molecular formula is C15H17Cl2NO4. The normalized spacial score (nSPS) is 15.7. The van der Waals surface area contributed by atoms with Crippen LogP contribution in [0.2, 0.25) is 5.02 Å². The molecule has 2 heterocycles. The molecule has 0 amide bonds. The zero-order chi connectivity index (χ0) is 15.0. The molecule has 0 spiro atoms. The molecule has 0 unspecified atom stereocenters. The molecule has 3 rings (SSSR count). The summed E-state index contributed by atoms with van der Waals surface area (Å²) >= 11 is 6.11. The van der Waals surface area contributed by atoms with E-state index in [9.17, 15) is 9.90 Å². The lowest BCUT2D eigenvalue weighted by molar-refractivity contribution is 0.0339. The van der Waals surface area contributed by atoms with E-state index in [0.29, 0.717) is 30.9 Å². The van der Waals surface area contributed by atoms with Crippen LogP contribution in [-0.2, 0) is 11.3 Å². The van der Waals surface area contributed by atoms with Crippen molar-refractivity contribution in [3.05, 3.63) is 38.7 Å². The van der Waals surface area contributed by atoms with E-state index in [4.69, 9.17) is 20.8 Å². The summed E-state index contributed by atoms with van der Waals surface area (Å²) < 4.78 is 10.6. The van der Waals surface area contributed by atoms with E-state index in [1.165, 1.54) is 6.07 Å². The third-order valence-electron chi connectivity index (χ3n) is 3.75. The maximum Gasteiger partial charge on any atom is 0.336 e. The first-order chi connectivity index (χ1) is 10.1. The molecule has 0 atom stereocenters. The molecule has 0 radical (unpaired) electrons. The summed E-state index contributed by atoms with van der Waals surface area (Å²) in [4.78, 5) is 13.8. The van der Waals surface area contributed by atoms with Crippen LogP contribution >= 0.6 is 24.0 Å². The molecule has 0 bridgehead atoms. The van der Waals surface area contributed by atoms with E-state index in [2.05, 4.69) is 4.90 Å². The van der Waals surface area contributed by atoms with Crippen molar-refractivity contribution < 1.29 is 14.3 Å². The van der Waals surface area contributed by atoms with Gasteiger partial charge in [-0.1, -0.05) is 11.6 Å². The highest BCUT2D eigenvalue weighted by molar-refractivity contribution is 6.33. The standard InChI is InChI=1S/C15H16ClNO4.ClH/c1-9-6-13(18)21-15-10(9)7-12(16)14(19)11(15)8-17-2-4-20-5-3-17;/h6-7,19H,2-5,8H2,1H3;1H. The summed E-state index contributed by atoms with van der Waals surface area (Å²) in [7, 11) is 0. The van der Waals surface area contributed by atoms with Gasteiger partial charge in [0.1, 0.15) is 11.3 Å². The molecular weight excluding hydrogens is 329 g/mol. The van der Waals surface area contributed by atoms with Crippen molar-refractivity contribution in [2.45, 2.75) is 13.5 Å². The third-order valence-corrected chi connectivity index (χ3v) is 4.04. The van der Waals surface area contributed by atoms with Crippen LogP contribution in [0.25, 0.3) is 11.0 Å². The third kappa shape index (κ3) is 3.22. The zero-order valence-electron chi connectivity index (χ0n) is 12.1. The fourth-order valence-electron chi connectivity index (χ4n) is 2.60. The van der Waals surface area contributed by atoms with Crippen LogP contribution in [0.5, 0.6) is 5.75 Å². The Morgan fingerprint density at radius 1 is 1.32 bits per heavy atom. The monoisotopic (exact) mass is 345 g/mol. The summed E-state index contributed by atoms with van der Waals surface area (Å²) in [5.74, 6) is -0.0237. The Hall–Kier alpha value is -1.27. The smallest absolute Gasteiger partial charge is 0.336 e. The Labute approximate surface area is 138 Å². The number of morpholine rings is 1. The molecule has 1 aliphatic rings. The molecule has 120 valence electrons. The maximum atomic E-state index is 11.6. The molecule has 22 heavy (non-hydrogen) atoms. The highest BCUT2D eigenvalue weighted by atomic mass is 35.5. The molecule has 5 nitrogen and oxygen atoms in total. The second-order valence-corrected chi connectivity index (χ2v) is 5.61. The minimum absolute atomic E-state index is 0. The van der Waals surface area contributed by atoms with Crippen molar-refractivity contribution in [2.24, 2.45) is 0 Å². The lowest BCUT2D eigenvalue weighted by atomic mass is 10.1. The Morgan fingerprint density at radius 2 is 2.00 bits per heavy atom. The van der Waals surface area contributed by atoms with Crippen LogP contribution in [-0.4, -0.2) is 36.3 Å². The molecule has 0 aliphatic carbocycles. The van der Waals surface area contributed by atoms with Crippen molar-refractivity contribution in [3.8, 4) is 5.75 Å². The van der Waals surface area contributed by atoms with Gasteiger partial charge in [0, 0.05) is 31.1 Å². The molecule has 1 aromatic heterocycles. The van der Waals surface area contributed by atoms with Crippen LogP contribution in [0.15, 0.2) is 21.3 Å².